The second-order valence-electron chi connectivity index (χ2n) is 2.93. The molecule has 0 aliphatic rings. The molecule has 4 nitrogen and oxygen atoms in total. The lowest BCUT2D eigenvalue weighted by Crippen LogP contribution is -2.11. The number of hydrogen-bond acceptors (Lipinski definition) is 4. The van der Waals surface area contributed by atoms with Gasteiger partial charge >= 0.3 is 0 Å². The number of benzene rings is 1. The van der Waals surface area contributed by atoms with Crippen LogP contribution in [0.1, 0.15) is 23.6 Å². The van der Waals surface area contributed by atoms with Gasteiger partial charge in [0, 0.05) is 11.7 Å². The first kappa shape index (κ1) is 10.0. The van der Waals surface area contributed by atoms with E-state index in [0.717, 1.165) is 0 Å². The number of nitrogens with zero attached hydrogens (tertiary/aromatic N) is 2. The number of rotatable bonds is 2. The molecular formula is C10H10N4. The monoisotopic (exact) mass is 186 g/mol. The average molecular weight is 186 g/mol. The Morgan fingerprint density at radius 3 is 2.64 bits per heavy atom. The molecule has 4 N–H and O–H groups in total. The lowest BCUT2D eigenvalue weighted by Gasteiger charge is -2.09. The summed E-state index contributed by atoms with van der Waals surface area (Å²) in [6.07, 6.45) is 0.193. The number of nitrogen functional groups attached to an aromatic ring is 1. The van der Waals surface area contributed by atoms with Gasteiger partial charge in [-0.3, -0.25) is 0 Å². The maximum absolute atomic E-state index is 8.82. The third-order valence-electron chi connectivity index (χ3n) is 1.91. The van der Waals surface area contributed by atoms with Gasteiger partial charge in [-0.15, -0.1) is 0 Å². The highest BCUT2D eigenvalue weighted by Gasteiger charge is 2.10. The first-order chi connectivity index (χ1) is 6.69. The van der Waals surface area contributed by atoms with Gasteiger partial charge in [0.2, 0.25) is 0 Å². The lowest BCUT2D eigenvalue weighted by molar-refractivity contribution is 0.746. The van der Waals surface area contributed by atoms with Gasteiger partial charge in [0.05, 0.1) is 24.1 Å². The van der Waals surface area contributed by atoms with E-state index in [9.17, 15) is 0 Å². The molecule has 0 radical (unpaired) electrons. The van der Waals surface area contributed by atoms with Crippen molar-refractivity contribution in [2.75, 3.05) is 5.73 Å². The summed E-state index contributed by atoms with van der Waals surface area (Å²) in [5.41, 5.74) is 12.9. The largest absolute Gasteiger partial charge is 0.399 e. The molecule has 0 bridgehead atoms. The highest BCUT2D eigenvalue weighted by molar-refractivity contribution is 5.50. The molecule has 0 heterocycles. The Labute approximate surface area is 82.4 Å². The molecule has 1 atom stereocenters. The van der Waals surface area contributed by atoms with E-state index in [0.29, 0.717) is 16.8 Å². The molecule has 0 aliphatic carbocycles. The molecule has 0 spiro atoms. The van der Waals surface area contributed by atoms with Gasteiger partial charge in [0.1, 0.15) is 0 Å². The molecule has 14 heavy (non-hydrogen) atoms. The summed E-state index contributed by atoms with van der Waals surface area (Å²) < 4.78 is 0. The number of nitrogens with two attached hydrogens (primary N) is 2. The summed E-state index contributed by atoms with van der Waals surface area (Å²) in [6, 6.07) is 8.48. The van der Waals surface area contributed by atoms with Crippen molar-refractivity contribution in [3.05, 3.63) is 29.3 Å². The Bertz CT molecular complexity index is 411. The van der Waals surface area contributed by atoms with E-state index in [1.54, 1.807) is 18.2 Å². The molecule has 0 aromatic heterocycles. The molecule has 1 aromatic rings. The minimum absolute atomic E-state index is 0.193. The lowest BCUT2D eigenvalue weighted by atomic mass is 9.99. The smallest absolute Gasteiger partial charge is 0.0995 e. The van der Waals surface area contributed by atoms with E-state index in [1.165, 1.54) is 0 Å². The summed E-state index contributed by atoms with van der Waals surface area (Å²) in [5, 5.41) is 17.3. The summed E-state index contributed by atoms with van der Waals surface area (Å²) in [6.45, 7) is 0. The van der Waals surface area contributed by atoms with Crippen molar-refractivity contribution in [1.82, 2.24) is 0 Å². The zero-order chi connectivity index (χ0) is 10.6. The SMILES string of the molecule is N#CC[C@H](N)c1ccc(N)cc1C#N. The van der Waals surface area contributed by atoms with Crippen LogP contribution in [0.25, 0.3) is 0 Å². The van der Waals surface area contributed by atoms with Crippen LogP contribution in [0.5, 0.6) is 0 Å². The van der Waals surface area contributed by atoms with E-state index >= 15 is 0 Å². The van der Waals surface area contributed by atoms with Crippen LogP contribution in [-0.4, -0.2) is 0 Å². The molecule has 70 valence electrons. The van der Waals surface area contributed by atoms with Crippen molar-refractivity contribution in [3.63, 3.8) is 0 Å². The van der Waals surface area contributed by atoms with E-state index in [-0.39, 0.29) is 6.42 Å². The average Bonchev–Trinajstić information content (AvgIpc) is 2.17. The fourth-order valence-electron chi connectivity index (χ4n) is 1.20. The number of hydrogen-bond donors (Lipinski definition) is 2. The Morgan fingerprint density at radius 2 is 2.07 bits per heavy atom. The first-order valence-electron chi connectivity index (χ1n) is 4.11. The Kier molecular flexibility index (Phi) is 3.06. The summed E-state index contributed by atoms with van der Waals surface area (Å²) >= 11 is 0. The number of nitriles is 2. The molecule has 0 saturated carbocycles. The first-order valence-corrected chi connectivity index (χ1v) is 4.11. The van der Waals surface area contributed by atoms with Crippen molar-refractivity contribution in [1.29, 1.82) is 10.5 Å². The maximum atomic E-state index is 8.82. The van der Waals surface area contributed by atoms with Crippen LogP contribution in [0.2, 0.25) is 0 Å². The van der Waals surface area contributed by atoms with Crippen molar-refractivity contribution >= 4 is 5.69 Å². The standard InChI is InChI=1S/C10H10N4/c11-4-3-10(14)9-2-1-8(13)5-7(9)6-12/h1-2,5,10H,3,13-14H2/t10-/m0/s1. The van der Waals surface area contributed by atoms with Crippen LogP contribution in [-0.2, 0) is 0 Å². The second-order valence-corrected chi connectivity index (χ2v) is 2.93. The van der Waals surface area contributed by atoms with E-state index in [2.05, 4.69) is 0 Å². The highest BCUT2D eigenvalue weighted by atomic mass is 14.6. The summed E-state index contributed by atoms with van der Waals surface area (Å²) in [4.78, 5) is 0. The van der Waals surface area contributed by atoms with Gasteiger partial charge in [-0.25, -0.2) is 0 Å². The maximum Gasteiger partial charge on any atom is 0.0995 e. The van der Waals surface area contributed by atoms with E-state index in [1.807, 2.05) is 12.1 Å². The normalized spacial score (nSPS) is 11.4. The molecule has 0 aliphatic heterocycles. The topological polar surface area (TPSA) is 99.6 Å². The Hall–Kier alpha value is -2.04. The van der Waals surface area contributed by atoms with Gasteiger partial charge in [-0.1, -0.05) is 6.07 Å². The Morgan fingerprint density at radius 1 is 1.36 bits per heavy atom. The quantitative estimate of drug-likeness (QED) is 0.674. The van der Waals surface area contributed by atoms with Crippen LogP contribution in [0.4, 0.5) is 5.69 Å². The van der Waals surface area contributed by atoms with Gasteiger partial charge < -0.3 is 11.5 Å². The highest BCUT2D eigenvalue weighted by Crippen LogP contribution is 2.20. The van der Waals surface area contributed by atoms with Crippen molar-refractivity contribution < 1.29 is 0 Å². The molecule has 4 heteroatoms. The van der Waals surface area contributed by atoms with Crippen LogP contribution in [0, 0.1) is 22.7 Å². The molecule has 0 amide bonds. The van der Waals surface area contributed by atoms with Crippen LogP contribution in [0.3, 0.4) is 0 Å². The van der Waals surface area contributed by atoms with E-state index < -0.39 is 6.04 Å². The van der Waals surface area contributed by atoms with Gasteiger partial charge in [0.25, 0.3) is 0 Å². The van der Waals surface area contributed by atoms with Crippen LogP contribution < -0.4 is 11.5 Å². The zero-order valence-corrected chi connectivity index (χ0v) is 7.57. The molecule has 0 saturated heterocycles. The van der Waals surface area contributed by atoms with E-state index in [4.69, 9.17) is 22.0 Å². The minimum Gasteiger partial charge on any atom is -0.399 e. The van der Waals surface area contributed by atoms with Crippen LogP contribution >= 0.6 is 0 Å². The van der Waals surface area contributed by atoms with Crippen LogP contribution in [0.15, 0.2) is 18.2 Å². The minimum atomic E-state index is -0.421. The number of anilines is 1. The third-order valence-corrected chi connectivity index (χ3v) is 1.91. The fraction of sp³-hybridized carbons (Fsp3) is 0.200. The molecular weight excluding hydrogens is 176 g/mol. The van der Waals surface area contributed by atoms with Crippen molar-refractivity contribution in [3.8, 4) is 12.1 Å². The fourth-order valence-corrected chi connectivity index (χ4v) is 1.20. The van der Waals surface area contributed by atoms with Crippen molar-refractivity contribution in [2.45, 2.75) is 12.5 Å². The zero-order valence-electron chi connectivity index (χ0n) is 7.57. The summed E-state index contributed by atoms with van der Waals surface area (Å²) in [5.74, 6) is 0. The predicted molar refractivity (Wildman–Crippen MR) is 52.7 cm³/mol. The second kappa shape index (κ2) is 4.27. The van der Waals surface area contributed by atoms with Gasteiger partial charge in [-0.2, -0.15) is 10.5 Å². The third kappa shape index (κ3) is 2.01. The Balaban J connectivity index is 3.10. The van der Waals surface area contributed by atoms with Crippen molar-refractivity contribution in [2.24, 2.45) is 5.73 Å². The molecule has 1 aromatic carbocycles. The summed E-state index contributed by atoms with van der Waals surface area (Å²) in [7, 11) is 0. The molecule has 0 fully saturated rings. The molecule has 0 unspecified atom stereocenters. The van der Waals surface area contributed by atoms with Gasteiger partial charge in [-0.05, 0) is 17.7 Å². The predicted octanol–water partition coefficient (Wildman–Crippen LogP) is 1.05. The van der Waals surface area contributed by atoms with Gasteiger partial charge in [0.15, 0.2) is 0 Å². The molecule has 1 rings (SSSR count).